The van der Waals surface area contributed by atoms with Crippen LogP contribution in [0.2, 0.25) is 0 Å². The predicted octanol–water partition coefficient (Wildman–Crippen LogP) is 3.55. The Morgan fingerprint density at radius 3 is 2.75 bits per heavy atom. The zero-order valence-electron chi connectivity index (χ0n) is 12.7. The van der Waals surface area contributed by atoms with Crippen LogP contribution in [0, 0.1) is 5.92 Å². The molecule has 0 aliphatic heterocycles. The molecule has 0 radical (unpaired) electrons. The summed E-state index contributed by atoms with van der Waals surface area (Å²) >= 11 is 0. The average Bonchev–Trinajstić information content (AvgIpc) is 2.44. The topological polar surface area (TPSA) is 30.5 Å². The second kappa shape index (κ2) is 8.28. The van der Waals surface area contributed by atoms with Crippen LogP contribution in [-0.4, -0.2) is 26.9 Å². The van der Waals surface area contributed by atoms with Gasteiger partial charge in [0.2, 0.25) is 0 Å². The van der Waals surface area contributed by atoms with E-state index in [2.05, 4.69) is 24.4 Å². The Hall–Kier alpha value is -1.06. The highest BCUT2D eigenvalue weighted by atomic mass is 16.5. The highest BCUT2D eigenvalue weighted by Gasteiger charge is 2.18. The van der Waals surface area contributed by atoms with Crippen molar-refractivity contribution in [2.45, 2.75) is 38.6 Å². The van der Waals surface area contributed by atoms with Crippen molar-refractivity contribution in [2.24, 2.45) is 5.92 Å². The molecule has 0 amide bonds. The van der Waals surface area contributed by atoms with E-state index in [9.17, 15) is 0 Å². The van der Waals surface area contributed by atoms with E-state index in [1.807, 2.05) is 12.1 Å². The second-order valence-corrected chi connectivity index (χ2v) is 5.51. The van der Waals surface area contributed by atoms with Gasteiger partial charge in [-0.2, -0.15) is 0 Å². The van der Waals surface area contributed by atoms with Crippen molar-refractivity contribution >= 4 is 0 Å². The SMILES string of the molecule is CCNC(COCCC1CCC1)c1ccccc1OC. The minimum absolute atomic E-state index is 0.206. The summed E-state index contributed by atoms with van der Waals surface area (Å²) in [5, 5.41) is 3.48. The zero-order valence-corrected chi connectivity index (χ0v) is 12.7. The van der Waals surface area contributed by atoms with E-state index in [-0.39, 0.29) is 6.04 Å². The van der Waals surface area contributed by atoms with E-state index in [1.54, 1.807) is 7.11 Å². The Labute approximate surface area is 122 Å². The quantitative estimate of drug-likeness (QED) is 0.700. The highest BCUT2D eigenvalue weighted by molar-refractivity contribution is 5.35. The first-order valence-electron chi connectivity index (χ1n) is 7.79. The molecule has 1 unspecified atom stereocenters. The van der Waals surface area contributed by atoms with Crippen LogP contribution in [0.5, 0.6) is 5.75 Å². The number of para-hydroxylation sites is 1. The summed E-state index contributed by atoms with van der Waals surface area (Å²) in [5.41, 5.74) is 1.18. The Morgan fingerprint density at radius 2 is 2.10 bits per heavy atom. The van der Waals surface area contributed by atoms with Gasteiger partial charge in [0.15, 0.2) is 0 Å². The predicted molar refractivity (Wildman–Crippen MR) is 82.2 cm³/mol. The second-order valence-electron chi connectivity index (χ2n) is 5.51. The molecule has 1 aromatic rings. The van der Waals surface area contributed by atoms with Crippen molar-refractivity contribution in [3.63, 3.8) is 0 Å². The van der Waals surface area contributed by atoms with Gasteiger partial charge < -0.3 is 14.8 Å². The Bertz CT molecular complexity index is 390. The van der Waals surface area contributed by atoms with Gasteiger partial charge in [-0.1, -0.05) is 44.4 Å². The fraction of sp³-hybridized carbons (Fsp3) is 0.647. The van der Waals surface area contributed by atoms with Crippen molar-refractivity contribution < 1.29 is 9.47 Å². The van der Waals surface area contributed by atoms with Crippen LogP contribution in [-0.2, 0) is 4.74 Å². The smallest absolute Gasteiger partial charge is 0.123 e. The molecule has 1 aliphatic carbocycles. The Balaban J connectivity index is 1.85. The molecule has 0 saturated heterocycles. The summed E-state index contributed by atoms with van der Waals surface area (Å²) in [5.74, 6) is 1.85. The third-order valence-electron chi connectivity index (χ3n) is 4.14. The molecule has 2 rings (SSSR count). The van der Waals surface area contributed by atoms with E-state index in [0.29, 0.717) is 6.61 Å². The van der Waals surface area contributed by atoms with Crippen LogP contribution >= 0.6 is 0 Å². The molecule has 0 heterocycles. The molecule has 0 bridgehead atoms. The molecular weight excluding hydrogens is 250 g/mol. The maximum absolute atomic E-state index is 5.89. The standard InChI is InChI=1S/C17H27NO2/c1-3-18-16(13-20-12-11-14-7-6-8-14)15-9-4-5-10-17(15)19-2/h4-5,9-10,14,16,18H,3,6-8,11-13H2,1-2H3. The van der Waals surface area contributed by atoms with Gasteiger partial charge in [0, 0.05) is 12.2 Å². The molecule has 20 heavy (non-hydrogen) atoms. The number of hydrogen-bond donors (Lipinski definition) is 1. The summed E-state index contributed by atoms with van der Waals surface area (Å²) < 4.78 is 11.3. The molecular formula is C17H27NO2. The van der Waals surface area contributed by atoms with Crippen LogP contribution in [0.15, 0.2) is 24.3 Å². The van der Waals surface area contributed by atoms with Gasteiger partial charge in [-0.3, -0.25) is 0 Å². The first kappa shape index (κ1) is 15.3. The van der Waals surface area contributed by atoms with Crippen molar-refractivity contribution in [3.8, 4) is 5.75 Å². The normalized spacial score (nSPS) is 16.7. The first-order chi connectivity index (χ1) is 9.85. The number of likely N-dealkylation sites (N-methyl/N-ethyl adjacent to an activating group) is 1. The molecule has 0 spiro atoms. The van der Waals surface area contributed by atoms with Crippen molar-refractivity contribution in [1.29, 1.82) is 0 Å². The lowest BCUT2D eigenvalue weighted by molar-refractivity contribution is 0.0886. The van der Waals surface area contributed by atoms with Crippen LogP contribution in [0.3, 0.4) is 0 Å². The van der Waals surface area contributed by atoms with Gasteiger partial charge in [0.25, 0.3) is 0 Å². The number of nitrogens with one attached hydrogen (secondary N) is 1. The van der Waals surface area contributed by atoms with Gasteiger partial charge in [-0.25, -0.2) is 0 Å². The van der Waals surface area contributed by atoms with E-state index < -0.39 is 0 Å². The van der Waals surface area contributed by atoms with Crippen molar-refractivity contribution in [1.82, 2.24) is 5.32 Å². The fourth-order valence-electron chi connectivity index (χ4n) is 2.69. The maximum Gasteiger partial charge on any atom is 0.123 e. The third kappa shape index (κ3) is 4.22. The highest BCUT2D eigenvalue weighted by Crippen LogP contribution is 2.29. The van der Waals surface area contributed by atoms with Gasteiger partial charge in [-0.05, 0) is 24.9 Å². The first-order valence-corrected chi connectivity index (χ1v) is 7.79. The Kier molecular flexibility index (Phi) is 6.34. The molecule has 3 nitrogen and oxygen atoms in total. The van der Waals surface area contributed by atoms with Crippen LogP contribution in [0.25, 0.3) is 0 Å². The summed E-state index contributed by atoms with van der Waals surface area (Å²) in [6.45, 7) is 4.63. The van der Waals surface area contributed by atoms with Crippen LogP contribution in [0.4, 0.5) is 0 Å². The summed E-state index contributed by atoms with van der Waals surface area (Å²) in [6, 6.07) is 8.38. The summed E-state index contributed by atoms with van der Waals surface area (Å²) in [4.78, 5) is 0. The zero-order chi connectivity index (χ0) is 14.2. The molecule has 3 heteroatoms. The van der Waals surface area contributed by atoms with E-state index in [1.165, 1.54) is 31.2 Å². The van der Waals surface area contributed by atoms with Gasteiger partial charge in [-0.15, -0.1) is 0 Å². The number of benzene rings is 1. The molecule has 1 N–H and O–H groups in total. The van der Waals surface area contributed by atoms with Crippen molar-refractivity contribution in [2.75, 3.05) is 26.9 Å². The Morgan fingerprint density at radius 1 is 1.30 bits per heavy atom. The lowest BCUT2D eigenvalue weighted by Gasteiger charge is -2.26. The molecule has 1 atom stereocenters. The molecule has 112 valence electrons. The molecule has 1 aliphatic rings. The minimum Gasteiger partial charge on any atom is -0.496 e. The monoisotopic (exact) mass is 277 g/mol. The molecule has 1 fully saturated rings. The van der Waals surface area contributed by atoms with E-state index in [0.717, 1.165) is 24.8 Å². The lowest BCUT2D eigenvalue weighted by Crippen LogP contribution is -2.26. The summed E-state index contributed by atoms with van der Waals surface area (Å²) in [6.07, 6.45) is 5.41. The largest absolute Gasteiger partial charge is 0.496 e. The third-order valence-corrected chi connectivity index (χ3v) is 4.14. The fourth-order valence-corrected chi connectivity index (χ4v) is 2.69. The number of rotatable bonds is 9. The van der Waals surface area contributed by atoms with Crippen LogP contribution in [0.1, 0.15) is 44.2 Å². The van der Waals surface area contributed by atoms with Gasteiger partial charge >= 0.3 is 0 Å². The lowest BCUT2D eigenvalue weighted by atomic mass is 9.83. The van der Waals surface area contributed by atoms with Crippen molar-refractivity contribution in [3.05, 3.63) is 29.8 Å². The van der Waals surface area contributed by atoms with E-state index >= 15 is 0 Å². The van der Waals surface area contributed by atoms with Crippen LogP contribution < -0.4 is 10.1 Å². The molecule has 0 aromatic heterocycles. The van der Waals surface area contributed by atoms with E-state index in [4.69, 9.17) is 9.47 Å². The average molecular weight is 277 g/mol. The minimum atomic E-state index is 0.206. The number of ether oxygens (including phenoxy) is 2. The number of hydrogen-bond acceptors (Lipinski definition) is 3. The van der Waals surface area contributed by atoms with Gasteiger partial charge in [0.1, 0.15) is 5.75 Å². The molecule has 1 aromatic carbocycles. The van der Waals surface area contributed by atoms with Gasteiger partial charge in [0.05, 0.1) is 19.8 Å². The number of methoxy groups -OCH3 is 1. The maximum atomic E-state index is 5.89. The summed E-state index contributed by atoms with van der Waals surface area (Å²) in [7, 11) is 1.72. The molecule has 1 saturated carbocycles.